The maximum absolute atomic E-state index is 12.2. The molecule has 1 aromatic rings. The molecular formula is C20H28N2O4. The van der Waals surface area contributed by atoms with Crippen molar-refractivity contribution >= 4 is 23.5 Å². The quantitative estimate of drug-likeness (QED) is 0.791. The number of anilines is 1. The van der Waals surface area contributed by atoms with Gasteiger partial charge in [0.15, 0.2) is 6.10 Å². The molecule has 2 amide bonds. The molecule has 0 spiro atoms. The van der Waals surface area contributed by atoms with Crippen molar-refractivity contribution in [2.45, 2.75) is 58.5 Å². The molecule has 26 heavy (non-hydrogen) atoms. The van der Waals surface area contributed by atoms with Gasteiger partial charge in [-0.05, 0) is 43.4 Å². The third kappa shape index (κ3) is 5.86. The Morgan fingerprint density at radius 3 is 2.46 bits per heavy atom. The van der Waals surface area contributed by atoms with Crippen LogP contribution < -0.4 is 5.32 Å². The topological polar surface area (TPSA) is 75.7 Å². The van der Waals surface area contributed by atoms with Crippen LogP contribution in [-0.4, -0.2) is 41.9 Å². The zero-order valence-electron chi connectivity index (χ0n) is 15.8. The molecule has 1 atom stereocenters. The molecule has 0 saturated carbocycles. The van der Waals surface area contributed by atoms with Crippen LogP contribution in [0, 0.1) is 0 Å². The summed E-state index contributed by atoms with van der Waals surface area (Å²) >= 11 is 0. The number of hydrogen-bond donors (Lipinski definition) is 1. The Bertz CT molecular complexity index is 640. The van der Waals surface area contributed by atoms with Gasteiger partial charge in [-0.15, -0.1) is 0 Å². The van der Waals surface area contributed by atoms with Crippen molar-refractivity contribution in [2.75, 3.05) is 18.4 Å². The molecular weight excluding hydrogens is 332 g/mol. The molecule has 1 saturated heterocycles. The minimum absolute atomic E-state index is 0.0261. The van der Waals surface area contributed by atoms with Gasteiger partial charge in [0.1, 0.15) is 6.54 Å². The van der Waals surface area contributed by atoms with Crippen LogP contribution >= 0.6 is 0 Å². The summed E-state index contributed by atoms with van der Waals surface area (Å²) in [5.41, 5.74) is 1.84. The number of carbonyl (C=O) groups is 3. The van der Waals surface area contributed by atoms with E-state index in [1.54, 1.807) is 0 Å². The number of nitrogens with zero attached hydrogens (tertiary/aromatic N) is 1. The Balaban J connectivity index is 1.83. The Hall–Kier alpha value is -2.37. The van der Waals surface area contributed by atoms with Gasteiger partial charge in [-0.2, -0.15) is 0 Å². The molecule has 0 aliphatic carbocycles. The number of rotatable bonds is 6. The SMILES string of the molecule is CC(C)c1ccc(NC(=O)[C@H](C)OC(=O)CN2CCCCCC2=O)cc1. The molecule has 2 rings (SSSR count). The van der Waals surface area contributed by atoms with E-state index in [0.717, 1.165) is 19.3 Å². The molecule has 0 bridgehead atoms. The first-order valence-corrected chi connectivity index (χ1v) is 9.25. The fraction of sp³-hybridized carbons (Fsp3) is 0.550. The first kappa shape index (κ1) is 19.9. The number of likely N-dealkylation sites (tertiary alicyclic amines) is 1. The second-order valence-electron chi connectivity index (χ2n) is 7.02. The van der Waals surface area contributed by atoms with Gasteiger partial charge in [0.2, 0.25) is 5.91 Å². The first-order chi connectivity index (χ1) is 12.4. The van der Waals surface area contributed by atoms with E-state index >= 15 is 0 Å². The van der Waals surface area contributed by atoms with Gasteiger partial charge in [0.25, 0.3) is 5.91 Å². The van der Waals surface area contributed by atoms with Gasteiger partial charge in [-0.1, -0.05) is 32.4 Å². The molecule has 6 heteroatoms. The van der Waals surface area contributed by atoms with Crippen molar-refractivity contribution < 1.29 is 19.1 Å². The number of amides is 2. The molecule has 1 N–H and O–H groups in total. The Morgan fingerprint density at radius 2 is 1.81 bits per heavy atom. The lowest BCUT2D eigenvalue weighted by Crippen LogP contribution is -2.38. The lowest BCUT2D eigenvalue weighted by molar-refractivity contribution is -0.156. The summed E-state index contributed by atoms with van der Waals surface area (Å²) in [5, 5.41) is 2.74. The van der Waals surface area contributed by atoms with Gasteiger partial charge in [0, 0.05) is 18.7 Å². The molecule has 6 nitrogen and oxygen atoms in total. The van der Waals surface area contributed by atoms with Crippen molar-refractivity contribution in [3.05, 3.63) is 29.8 Å². The lowest BCUT2D eigenvalue weighted by atomic mass is 10.0. The highest BCUT2D eigenvalue weighted by atomic mass is 16.5. The average Bonchev–Trinajstić information content (AvgIpc) is 2.79. The third-order valence-corrected chi connectivity index (χ3v) is 4.51. The van der Waals surface area contributed by atoms with E-state index in [1.165, 1.54) is 17.4 Å². The van der Waals surface area contributed by atoms with Crippen LogP contribution in [0.2, 0.25) is 0 Å². The minimum atomic E-state index is -0.922. The third-order valence-electron chi connectivity index (χ3n) is 4.51. The van der Waals surface area contributed by atoms with E-state index in [0.29, 0.717) is 24.6 Å². The van der Waals surface area contributed by atoms with Crippen LogP contribution in [0.25, 0.3) is 0 Å². The van der Waals surface area contributed by atoms with Gasteiger partial charge in [-0.3, -0.25) is 14.4 Å². The zero-order valence-corrected chi connectivity index (χ0v) is 15.8. The molecule has 0 aromatic heterocycles. The Kier molecular flexibility index (Phi) is 7.18. The predicted molar refractivity (Wildman–Crippen MR) is 99.8 cm³/mol. The second kappa shape index (κ2) is 9.36. The summed E-state index contributed by atoms with van der Waals surface area (Å²) < 4.78 is 5.19. The highest BCUT2D eigenvalue weighted by Crippen LogP contribution is 2.17. The van der Waals surface area contributed by atoms with Crippen molar-refractivity contribution in [1.82, 2.24) is 4.90 Å². The van der Waals surface area contributed by atoms with Crippen LogP contribution in [0.3, 0.4) is 0 Å². The molecule has 0 unspecified atom stereocenters. The average molecular weight is 360 g/mol. The normalized spacial score (nSPS) is 16.2. The van der Waals surface area contributed by atoms with Gasteiger partial charge >= 0.3 is 5.97 Å². The second-order valence-corrected chi connectivity index (χ2v) is 7.02. The number of hydrogen-bond acceptors (Lipinski definition) is 4. The van der Waals surface area contributed by atoms with Gasteiger partial charge in [-0.25, -0.2) is 0 Å². The van der Waals surface area contributed by atoms with Crippen molar-refractivity contribution in [3.8, 4) is 0 Å². The summed E-state index contributed by atoms with van der Waals surface area (Å²) in [4.78, 5) is 37.7. The molecule has 1 aromatic carbocycles. The molecule has 142 valence electrons. The van der Waals surface area contributed by atoms with Crippen molar-refractivity contribution in [3.63, 3.8) is 0 Å². The van der Waals surface area contributed by atoms with Gasteiger partial charge < -0.3 is 15.0 Å². The van der Waals surface area contributed by atoms with E-state index in [2.05, 4.69) is 19.2 Å². The molecule has 1 heterocycles. The number of nitrogens with one attached hydrogen (secondary N) is 1. The van der Waals surface area contributed by atoms with Crippen LogP contribution in [0.15, 0.2) is 24.3 Å². The zero-order chi connectivity index (χ0) is 19.1. The number of esters is 1. The number of ether oxygens (including phenoxy) is 1. The standard InChI is InChI=1S/C20H28N2O4/c1-14(2)16-8-10-17(11-9-16)21-20(25)15(3)26-19(24)13-22-12-6-4-5-7-18(22)23/h8-11,14-15H,4-7,12-13H2,1-3H3,(H,21,25)/t15-/m0/s1. The Morgan fingerprint density at radius 1 is 1.12 bits per heavy atom. The van der Waals surface area contributed by atoms with Crippen molar-refractivity contribution in [1.29, 1.82) is 0 Å². The molecule has 1 aliphatic rings. The van der Waals surface area contributed by atoms with Crippen LogP contribution in [0.4, 0.5) is 5.69 Å². The maximum Gasteiger partial charge on any atom is 0.326 e. The lowest BCUT2D eigenvalue weighted by Gasteiger charge is -2.20. The first-order valence-electron chi connectivity index (χ1n) is 9.25. The van der Waals surface area contributed by atoms with Crippen molar-refractivity contribution in [2.24, 2.45) is 0 Å². The molecule has 1 aliphatic heterocycles. The van der Waals surface area contributed by atoms with Crippen LogP contribution in [-0.2, 0) is 19.1 Å². The summed E-state index contributed by atoms with van der Waals surface area (Å²) in [6, 6.07) is 7.58. The van der Waals surface area contributed by atoms with E-state index in [9.17, 15) is 14.4 Å². The molecule has 1 fully saturated rings. The minimum Gasteiger partial charge on any atom is -0.451 e. The smallest absolute Gasteiger partial charge is 0.326 e. The highest BCUT2D eigenvalue weighted by molar-refractivity contribution is 5.95. The monoisotopic (exact) mass is 360 g/mol. The van der Waals surface area contributed by atoms with Crippen LogP contribution in [0.1, 0.15) is 57.9 Å². The van der Waals surface area contributed by atoms with E-state index < -0.39 is 18.0 Å². The predicted octanol–water partition coefficient (Wildman–Crippen LogP) is 3.08. The maximum atomic E-state index is 12.2. The van der Waals surface area contributed by atoms with E-state index in [4.69, 9.17) is 4.74 Å². The van der Waals surface area contributed by atoms with Gasteiger partial charge in [0.05, 0.1) is 0 Å². The summed E-state index contributed by atoms with van der Waals surface area (Å²) in [6.07, 6.45) is 2.29. The Labute approximate surface area is 154 Å². The number of benzene rings is 1. The summed E-state index contributed by atoms with van der Waals surface area (Å²) in [5.74, 6) is -0.556. The largest absolute Gasteiger partial charge is 0.451 e. The van der Waals surface area contributed by atoms with E-state index in [-0.39, 0.29) is 12.5 Å². The number of carbonyl (C=O) groups excluding carboxylic acids is 3. The molecule has 0 radical (unpaired) electrons. The highest BCUT2D eigenvalue weighted by Gasteiger charge is 2.23. The fourth-order valence-electron chi connectivity index (χ4n) is 2.84. The van der Waals surface area contributed by atoms with Crippen LogP contribution in [0.5, 0.6) is 0 Å². The van der Waals surface area contributed by atoms with E-state index in [1.807, 2.05) is 24.3 Å². The summed E-state index contributed by atoms with van der Waals surface area (Å²) in [6.45, 7) is 6.20. The fourth-order valence-corrected chi connectivity index (χ4v) is 2.84. The summed E-state index contributed by atoms with van der Waals surface area (Å²) in [7, 11) is 0.